The van der Waals surface area contributed by atoms with Crippen LogP contribution in [-0.4, -0.2) is 41.4 Å². The lowest BCUT2D eigenvalue weighted by Crippen LogP contribution is -2.33. The molecule has 4 heterocycles. The summed E-state index contributed by atoms with van der Waals surface area (Å²) in [5.41, 5.74) is 9.87. The van der Waals surface area contributed by atoms with Crippen molar-refractivity contribution in [2.75, 3.05) is 10.6 Å². The van der Waals surface area contributed by atoms with Gasteiger partial charge in [0.05, 0.1) is 46.9 Å². The van der Waals surface area contributed by atoms with E-state index < -0.39 is 0 Å². The van der Waals surface area contributed by atoms with Crippen LogP contribution in [0.5, 0.6) is 0 Å². The normalized spacial score (nSPS) is 18.8. The number of pyridine rings is 1. The maximum absolute atomic E-state index is 6.48. The predicted molar refractivity (Wildman–Crippen MR) is 120 cm³/mol. The van der Waals surface area contributed by atoms with Gasteiger partial charge in [0.15, 0.2) is 0 Å². The zero-order valence-electron chi connectivity index (χ0n) is 16.7. The summed E-state index contributed by atoms with van der Waals surface area (Å²) in [6.45, 7) is 0. The summed E-state index contributed by atoms with van der Waals surface area (Å²) < 4.78 is 1.95. The maximum atomic E-state index is 6.48. The molecule has 0 amide bonds. The van der Waals surface area contributed by atoms with Gasteiger partial charge in [-0.3, -0.25) is 4.40 Å². The molecule has 0 atom stereocenters. The third-order valence-electron chi connectivity index (χ3n) is 5.45. The standard InChI is InChI=1S/C21H22ClN9/c22-17-9-27-21(29-14-3-1-13(23)2-4-14)30-20(17)18-10-26-19-6-5-15(11-31(18)19)28-16-7-24-12-25-8-16/h5-14,28H,1-4,23H2,(H,27,29,30)/t13-,14-. The molecule has 0 aliphatic heterocycles. The van der Waals surface area contributed by atoms with Gasteiger partial charge in [0.1, 0.15) is 17.7 Å². The van der Waals surface area contributed by atoms with Gasteiger partial charge in [0.25, 0.3) is 0 Å². The van der Waals surface area contributed by atoms with E-state index in [4.69, 9.17) is 22.3 Å². The van der Waals surface area contributed by atoms with Gasteiger partial charge in [-0.2, -0.15) is 0 Å². The average molecular weight is 436 g/mol. The third kappa shape index (κ3) is 4.28. The molecule has 158 valence electrons. The summed E-state index contributed by atoms with van der Waals surface area (Å²) in [5.74, 6) is 0.561. The summed E-state index contributed by atoms with van der Waals surface area (Å²) in [4.78, 5) is 21.6. The molecule has 0 spiro atoms. The van der Waals surface area contributed by atoms with Crippen molar-refractivity contribution >= 4 is 34.6 Å². The van der Waals surface area contributed by atoms with E-state index in [0.29, 0.717) is 28.7 Å². The van der Waals surface area contributed by atoms with E-state index in [2.05, 4.69) is 30.6 Å². The molecule has 4 aromatic rings. The Morgan fingerprint density at radius 2 is 1.77 bits per heavy atom. The quantitative estimate of drug-likeness (QED) is 0.434. The summed E-state index contributed by atoms with van der Waals surface area (Å²) >= 11 is 6.48. The summed E-state index contributed by atoms with van der Waals surface area (Å²) in [7, 11) is 0. The highest BCUT2D eigenvalue weighted by Crippen LogP contribution is 2.29. The van der Waals surface area contributed by atoms with Gasteiger partial charge in [0.2, 0.25) is 5.95 Å². The van der Waals surface area contributed by atoms with Crippen LogP contribution in [0.1, 0.15) is 25.7 Å². The van der Waals surface area contributed by atoms with Gasteiger partial charge in [-0.15, -0.1) is 0 Å². The van der Waals surface area contributed by atoms with Crippen molar-refractivity contribution in [3.63, 3.8) is 0 Å². The van der Waals surface area contributed by atoms with Crippen LogP contribution in [0.15, 0.2) is 49.4 Å². The molecule has 0 saturated heterocycles. The van der Waals surface area contributed by atoms with Gasteiger partial charge < -0.3 is 16.4 Å². The second kappa shape index (κ2) is 8.44. The number of nitrogens with zero attached hydrogens (tertiary/aromatic N) is 6. The first-order valence-corrected chi connectivity index (χ1v) is 10.6. The van der Waals surface area contributed by atoms with Crippen molar-refractivity contribution < 1.29 is 0 Å². The molecule has 1 aliphatic carbocycles. The van der Waals surface area contributed by atoms with E-state index in [9.17, 15) is 0 Å². The molecule has 4 aromatic heterocycles. The molecular weight excluding hydrogens is 414 g/mol. The van der Waals surface area contributed by atoms with Crippen LogP contribution in [0.3, 0.4) is 0 Å². The first kappa shape index (κ1) is 19.7. The SMILES string of the molecule is N[C@H]1CC[C@H](Nc2ncc(Cl)c(-c3cnc4ccc(Nc5cncnc5)cn34)n2)CC1. The van der Waals surface area contributed by atoms with Gasteiger partial charge >= 0.3 is 0 Å². The number of fused-ring (bicyclic) bond motifs is 1. The van der Waals surface area contributed by atoms with Crippen molar-refractivity contribution in [1.29, 1.82) is 0 Å². The van der Waals surface area contributed by atoms with Crippen molar-refractivity contribution in [2.45, 2.75) is 37.8 Å². The van der Waals surface area contributed by atoms with Crippen molar-refractivity contribution in [1.82, 2.24) is 29.3 Å². The third-order valence-corrected chi connectivity index (χ3v) is 5.72. The number of hydrogen-bond acceptors (Lipinski definition) is 8. The number of halogens is 1. The Kier molecular flexibility index (Phi) is 5.35. The lowest BCUT2D eigenvalue weighted by molar-refractivity contribution is 0.410. The van der Waals surface area contributed by atoms with E-state index >= 15 is 0 Å². The number of anilines is 3. The zero-order chi connectivity index (χ0) is 21.2. The summed E-state index contributed by atoms with van der Waals surface area (Å²) in [6.07, 6.45) is 14.3. The molecule has 4 N–H and O–H groups in total. The van der Waals surface area contributed by atoms with E-state index in [1.54, 1.807) is 24.8 Å². The molecule has 1 aliphatic rings. The smallest absolute Gasteiger partial charge is 0.223 e. The van der Waals surface area contributed by atoms with Crippen LogP contribution in [0.4, 0.5) is 17.3 Å². The number of imidazole rings is 1. The number of nitrogens with one attached hydrogen (secondary N) is 2. The van der Waals surface area contributed by atoms with E-state index in [1.807, 2.05) is 22.7 Å². The molecule has 9 nitrogen and oxygen atoms in total. The fourth-order valence-corrected chi connectivity index (χ4v) is 4.01. The van der Waals surface area contributed by atoms with Crippen LogP contribution in [0, 0.1) is 0 Å². The topological polar surface area (TPSA) is 119 Å². The molecule has 0 radical (unpaired) electrons. The molecule has 0 aromatic carbocycles. The van der Waals surface area contributed by atoms with Gasteiger partial charge in [-0.05, 0) is 37.8 Å². The Balaban J connectivity index is 1.45. The fraction of sp³-hybridized carbons (Fsp3) is 0.286. The minimum atomic E-state index is 0.295. The first-order valence-electron chi connectivity index (χ1n) is 10.2. The predicted octanol–water partition coefficient (Wildman–Crippen LogP) is 3.66. The lowest BCUT2D eigenvalue weighted by atomic mass is 9.92. The average Bonchev–Trinajstić information content (AvgIpc) is 3.20. The monoisotopic (exact) mass is 435 g/mol. The molecule has 10 heteroatoms. The van der Waals surface area contributed by atoms with E-state index in [-0.39, 0.29) is 0 Å². The van der Waals surface area contributed by atoms with Gasteiger partial charge in [-0.25, -0.2) is 24.9 Å². The number of hydrogen-bond donors (Lipinski definition) is 3. The highest BCUT2D eigenvalue weighted by molar-refractivity contribution is 6.32. The largest absolute Gasteiger partial charge is 0.352 e. The molecule has 0 unspecified atom stereocenters. The van der Waals surface area contributed by atoms with Crippen LogP contribution in [0.2, 0.25) is 5.02 Å². The van der Waals surface area contributed by atoms with Crippen LogP contribution >= 0.6 is 11.6 Å². The molecule has 5 rings (SSSR count). The maximum Gasteiger partial charge on any atom is 0.223 e. The lowest BCUT2D eigenvalue weighted by Gasteiger charge is -2.26. The van der Waals surface area contributed by atoms with E-state index in [0.717, 1.165) is 48.4 Å². The summed E-state index contributed by atoms with van der Waals surface area (Å²) in [6, 6.07) is 4.49. The molecule has 1 saturated carbocycles. The van der Waals surface area contributed by atoms with Crippen molar-refractivity contribution in [3.8, 4) is 11.4 Å². The Morgan fingerprint density at radius 3 is 2.58 bits per heavy atom. The van der Waals surface area contributed by atoms with Crippen molar-refractivity contribution in [3.05, 3.63) is 54.5 Å². The number of nitrogens with two attached hydrogens (primary N) is 1. The van der Waals surface area contributed by atoms with Gasteiger partial charge in [-0.1, -0.05) is 11.6 Å². The molecule has 31 heavy (non-hydrogen) atoms. The van der Waals surface area contributed by atoms with E-state index in [1.165, 1.54) is 6.33 Å². The van der Waals surface area contributed by atoms with Crippen LogP contribution in [0.25, 0.3) is 17.0 Å². The van der Waals surface area contributed by atoms with Crippen LogP contribution in [-0.2, 0) is 0 Å². The van der Waals surface area contributed by atoms with Crippen molar-refractivity contribution in [2.24, 2.45) is 5.73 Å². The Hall–Kier alpha value is -3.30. The fourth-order valence-electron chi connectivity index (χ4n) is 3.82. The highest BCUT2D eigenvalue weighted by atomic mass is 35.5. The zero-order valence-corrected chi connectivity index (χ0v) is 17.5. The summed E-state index contributed by atoms with van der Waals surface area (Å²) in [5, 5.41) is 7.18. The Bertz CT molecular complexity index is 1190. The molecule has 0 bridgehead atoms. The second-order valence-electron chi connectivity index (χ2n) is 7.69. The van der Waals surface area contributed by atoms with Gasteiger partial charge in [0, 0.05) is 18.3 Å². The number of rotatable bonds is 5. The Labute approximate surface area is 184 Å². The first-order chi connectivity index (χ1) is 15.2. The Morgan fingerprint density at radius 1 is 0.968 bits per heavy atom. The molecule has 1 fully saturated rings. The minimum absolute atomic E-state index is 0.295. The number of aromatic nitrogens is 6. The molecular formula is C21H22ClN9. The second-order valence-corrected chi connectivity index (χ2v) is 8.09. The minimum Gasteiger partial charge on any atom is -0.352 e. The highest BCUT2D eigenvalue weighted by Gasteiger charge is 2.20. The van der Waals surface area contributed by atoms with Crippen LogP contribution < -0.4 is 16.4 Å².